The maximum atomic E-state index is 12.8. The van der Waals surface area contributed by atoms with Crippen LogP contribution in [0.3, 0.4) is 0 Å². The number of methoxy groups -OCH3 is 1. The van der Waals surface area contributed by atoms with E-state index in [0.29, 0.717) is 0 Å². The van der Waals surface area contributed by atoms with Gasteiger partial charge in [-0.05, 0) is 42.0 Å². The average Bonchev–Trinajstić information content (AvgIpc) is 2.67. The highest BCUT2D eigenvalue weighted by Crippen LogP contribution is 2.30. The number of imide groups is 2. The zero-order valence-electron chi connectivity index (χ0n) is 14.7. The molecular weight excluding hydrogens is 423 g/mol. The second-order valence-corrected chi connectivity index (χ2v) is 6.64. The van der Waals surface area contributed by atoms with Gasteiger partial charge < -0.3 is 9.84 Å². The molecule has 1 fully saturated rings. The molecular formula is C19H12Cl2N2O6. The molecule has 10 heteroatoms. The van der Waals surface area contributed by atoms with Crippen molar-refractivity contribution in [3.05, 3.63) is 63.1 Å². The fourth-order valence-corrected chi connectivity index (χ4v) is 2.96. The second kappa shape index (κ2) is 7.94. The van der Waals surface area contributed by atoms with E-state index in [1.165, 1.54) is 49.6 Å². The predicted molar refractivity (Wildman–Crippen MR) is 105 cm³/mol. The van der Waals surface area contributed by atoms with Gasteiger partial charge in [0.1, 0.15) is 16.9 Å². The van der Waals surface area contributed by atoms with Crippen molar-refractivity contribution >= 4 is 58.8 Å². The lowest BCUT2D eigenvalue weighted by Gasteiger charge is -2.26. The molecule has 1 saturated heterocycles. The van der Waals surface area contributed by atoms with E-state index in [1.54, 1.807) is 0 Å². The van der Waals surface area contributed by atoms with E-state index in [4.69, 9.17) is 27.9 Å². The number of amides is 4. The summed E-state index contributed by atoms with van der Waals surface area (Å²) in [5.74, 6) is -2.94. The van der Waals surface area contributed by atoms with E-state index in [9.17, 15) is 24.3 Å². The van der Waals surface area contributed by atoms with Gasteiger partial charge in [0.05, 0.1) is 22.8 Å². The molecule has 2 aromatic carbocycles. The Hall–Kier alpha value is -3.36. The SMILES string of the molecule is COc1ccc(C=C2C(=O)NC(=O)N(c3ccc(Cl)c(Cl)c3)C2=O)cc1C(=O)O. The second-order valence-electron chi connectivity index (χ2n) is 5.82. The van der Waals surface area contributed by atoms with Gasteiger partial charge in [0, 0.05) is 0 Å². The quantitative estimate of drug-likeness (QED) is 0.563. The van der Waals surface area contributed by atoms with Gasteiger partial charge in [0.2, 0.25) is 0 Å². The molecule has 0 unspecified atom stereocenters. The standard InChI is InChI=1S/C19H12Cl2N2O6/c1-29-15-5-2-9(6-11(15)18(26)27)7-12-16(24)22-19(28)23(17(12)25)10-3-4-13(20)14(21)8-10/h2-8H,1H3,(H,26,27)(H,22,24,28). The number of urea groups is 1. The van der Waals surface area contributed by atoms with Crippen LogP contribution in [0.25, 0.3) is 6.08 Å². The van der Waals surface area contributed by atoms with Gasteiger partial charge in [-0.3, -0.25) is 14.9 Å². The molecule has 0 radical (unpaired) electrons. The summed E-state index contributed by atoms with van der Waals surface area (Å²) in [6.45, 7) is 0. The molecule has 0 spiro atoms. The highest BCUT2D eigenvalue weighted by atomic mass is 35.5. The number of nitrogens with zero attached hydrogens (tertiary/aromatic N) is 1. The number of anilines is 1. The first kappa shape index (κ1) is 20.4. The number of carbonyl (C=O) groups excluding carboxylic acids is 3. The largest absolute Gasteiger partial charge is 0.496 e. The van der Waals surface area contributed by atoms with E-state index in [1.807, 2.05) is 0 Å². The monoisotopic (exact) mass is 434 g/mol. The number of hydrogen-bond donors (Lipinski definition) is 2. The molecule has 0 saturated carbocycles. The molecule has 1 aliphatic heterocycles. The minimum absolute atomic E-state index is 0.112. The number of ether oxygens (including phenoxy) is 1. The van der Waals surface area contributed by atoms with Gasteiger partial charge in [-0.2, -0.15) is 0 Å². The van der Waals surface area contributed by atoms with Crippen molar-refractivity contribution in [2.75, 3.05) is 12.0 Å². The normalized spacial score (nSPS) is 15.5. The smallest absolute Gasteiger partial charge is 0.339 e. The van der Waals surface area contributed by atoms with Gasteiger partial charge in [0.25, 0.3) is 11.8 Å². The third-order valence-electron chi connectivity index (χ3n) is 4.03. The molecule has 0 aromatic heterocycles. The summed E-state index contributed by atoms with van der Waals surface area (Å²) in [5, 5.41) is 11.7. The number of benzene rings is 2. The minimum atomic E-state index is -1.24. The average molecular weight is 435 g/mol. The summed E-state index contributed by atoms with van der Waals surface area (Å²) in [7, 11) is 1.32. The lowest BCUT2D eigenvalue weighted by Crippen LogP contribution is -2.54. The highest BCUT2D eigenvalue weighted by molar-refractivity contribution is 6.43. The third kappa shape index (κ3) is 3.94. The lowest BCUT2D eigenvalue weighted by molar-refractivity contribution is -0.122. The Morgan fingerprint density at radius 3 is 2.45 bits per heavy atom. The van der Waals surface area contributed by atoms with Crippen LogP contribution in [0, 0.1) is 0 Å². The van der Waals surface area contributed by atoms with Crippen LogP contribution < -0.4 is 15.0 Å². The number of aromatic carboxylic acids is 1. The van der Waals surface area contributed by atoms with Crippen molar-refractivity contribution in [1.82, 2.24) is 5.32 Å². The fraction of sp³-hybridized carbons (Fsp3) is 0.0526. The summed E-state index contributed by atoms with van der Waals surface area (Å²) in [5.41, 5.74) is -0.147. The molecule has 0 atom stereocenters. The van der Waals surface area contributed by atoms with Gasteiger partial charge in [0.15, 0.2) is 0 Å². The molecule has 1 aliphatic rings. The summed E-state index contributed by atoms with van der Waals surface area (Å²) in [6.07, 6.45) is 1.18. The summed E-state index contributed by atoms with van der Waals surface area (Å²) in [4.78, 5) is 49.4. The Bertz CT molecular complexity index is 1100. The fourth-order valence-electron chi connectivity index (χ4n) is 2.67. The van der Waals surface area contributed by atoms with Crippen molar-refractivity contribution in [3.8, 4) is 5.75 Å². The van der Waals surface area contributed by atoms with Crippen LogP contribution in [0.2, 0.25) is 10.0 Å². The number of barbiturate groups is 1. The molecule has 2 aromatic rings. The highest BCUT2D eigenvalue weighted by Gasteiger charge is 2.37. The van der Waals surface area contributed by atoms with Crippen LogP contribution in [0.5, 0.6) is 5.75 Å². The van der Waals surface area contributed by atoms with E-state index in [0.717, 1.165) is 4.90 Å². The summed E-state index contributed by atoms with van der Waals surface area (Å²) >= 11 is 11.8. The van der Waals surface area contributed by atoms with Crippen molar-refractivity contribution in [2.24, 2.45) is 0 Å². The lowest BCUT2D eigenvalue weighted by atomic mass is 10.0. The Kier molecular flexibility index (Phi) is 5.58. The van der Waals surface area contributed by atoms with Gasteiger partial charge in [-0.1, -0.05) is 29.3 Å². The van der Waals surface area contributed by atoms with E-state index < -0.39 is 23.8 Å². The number of halogens is 2. The van der Waals surface area contributed by atoms with Gasteiger partial charge >= 0.3 is 12.0 Å². The van der Waals surface area contributed by atoms with Gasteiger partial charge in [-0.15, -0.1) is 0 Å². The minimum Gasteiger partial charge on any atom is -0.496 e. The molecule has 148 valence electrons. The third-order valence-corrected chi connectivity index (χ3v) is 4.77. The molecule has 1 heterocycles. The number of rotatable bonds is 4. The zero-order chi connectivity index (χ0) is 21.3. The number of carboxylic acids is 1. The topological polar surface area (TPSA) is 113 Å². The number of carboxylic acid groups (broad SMARTS) is 1. The first-order valence-electron chi connectivity index (χ1n) is 8.00. The number of nitrogens with one attached hydrogen (secondary N) is 1. The predicted octanol–water partition coefficient (Wildman–Crippen LogP) is 3.37. The Morgan fingerprint density at radius 1 is 1.10 bits per heavy atom. The zero-order valence-corrected chi connectivity index (χ0v) is 16.2. The van der Waals surface area contributed by atoms with Crippen LogP contribution in [-0.4, -0.2) is 36.0 Å². The number of hydrogen-bond acceptors (Lipinski definition) is 5. The Labute approximate surface area is 174 Å². The molecule has 0 aliphatic carbocycles. The summed E-state index contributed by atoms with van der Waals surface area (Å²) in [6, 6.07) is 7.27. The number of carbonyl (C=O) groups is 4. The van der Waals surface area contributed by atoms with Crippen molar-refractivity contribution in [1.29, 1.82) is 0 Å². The van der Waals surface area contributed by atoms with Crippen LogP contribution in [0.4, 0.5) is 10.5 Å². The molecule has 4 amide bonds. The maximum Gasteiger partial charge on any atom is 0.339 e. The van der Waals surface area contributed by atoms with Crippen LogP contribution in [-0.2, 0) is 9.59 Å². The first-order chi connectivity index (χ1) is 13.7. The molecule has 0 bridgehead atoms. The van der Waals surface area contributed by atoms with Gasteiger partial charge in [-0.25, -0.2) is 14.5 Å². The van der Waals surface area contributed by atoms with Crippen LogP contribution >= 0.6 is 23.2 Å². The molecule has 3 rings (SSSR count). The van der Waals surface area contributed by atoms with E-state index in [2.05, 4.69) is 5.32 Å². The summed E-state index contributed by atoms with van der Waals surface area (Å²) < 4.78 is 4.98. The van der Waals surface area contributed by atoms with Crippen molar-refractivity contribution < 1.29 is 29.0 Å². The van der Waals surface area contributed by atoms with E-state index in [-0.39, 0.29) is 38.2 Å². The van der Waals surface area contributed by atoms with E-state index >= 15 is 0 Å². The Morgan fingerprint density at radius 2 is 1.83 bits per heavy atom. The molecule has 8 nitrogen and oxygen atoms in total. The van der Waals surface area contributed by atoms with Crippen molar-refractivity contribution in [2.45, 2.75) is 0 Å². The van der Waals surface area contributed by atoms with Crippen LogP contribution in [0.1, 0.15) is 15.9 Å². The van der Waals surface area contributed by atoms with Crippen LogP contribution in [0.15, 0.2) is 42.0 Å². The first-order valence-corrected chi connectivity index (χ1v) is 8.76. The van der Waals surface area contributed by atoms with Crippen molar-refractivity contribution in [3.63, 3.8) is 0 Å². The Balaban J connectivity index is 2.04. The maximum absolute atomic E-state index is 12.8. The molecule has 29 heavy (non-hydrogen) atoms. The molecule has 2 N–H and O–H groups in total.